The van der Waals surface area contributed by atoms with Gasteiger partial charge in [0.15, 0.2) is 0 Å². The van der Waals surface area contributed by atoms with E-state index in [0.29, 0.717) is 0 Å². The van der Waals surface area contributed by atoms with Crippen LogP contribution in [0.4, 0.5) is 5.82 Å². The minimum atomic E-state index is 0.972. The van der Waals surface area contributed by atoms with Gasteiger partial charge in [-0.3, -0.25) is 0 Å². The minimum Gasteiger partial charge on any atom is -0.369 e. The maximum Gasteiger partial charge on any atom is 0.138 e. The van der Waals surface area contributed by atoms with Crippen LogP contribution in [0.5, 0.6) is 0 Å². The van der Waals surface area contributed by atoms with Gasteiger partial charge in [-0.25, -0.2) is 9.97 Å². The first-order chi connectivity index (χ1) is 9.33. The summed E-state index contributed by atoms with van der Waals surface area (Å²) >= 11 is 1.88. The van der Waals surface area contributed by atoms with Gasteiger partial charge in [-0.15, -0.1) is 11.3 Å². The van der Waals surface area contributed by atoms with Crippen molar-refractivity contribution in [3.63, 3.8) is 0 Å². The van der Waals surface area contributed by atoms with Gasteiger partial charge in [-0.05, 0) is 37.7 Å². The van der Waals surface area contributed by atoms with Crippen LogP contribution in [0.2, 0.25) is 0 Å². The molecule has 0 atom stereocenters. The van der Waals surface area contributed by atoms with Crippen LogP contribution in [0.3, 0.4) is 0 Å². The van der Waals surface area contributed by atoms with Crippen molar-refractivity contribution in [2.24, 2.45) is 0 Å². The number of rotatable bonds is 5. The van der Waals surface area contributed by atoms with Crippen molar-refractivity contribution in [1.82, 2.24) is 9.97 Å². The molecule has 2 aromatic rings. The van der Waals surface area contributed by atoms with E-state index in [-0.39, 0.29) is 0 Å². The number of nitrogens with zero attached hydrogens (tertiary/aromatic N) is 2. The van der Waals surface area contributed by atoms with E-state index in [1.54, 1.807) is 0 Å². The number of aromatic nitrogens is 2. The maximum atomic E-state index is 4.76. The molecule has 2 aromatic heterocycles. The average Bonchev–Trinajstić information content (AvgIpc) is 2.96. The fourth-order valence-corrected chi connectivity index (χ4v) is 4.03. The van der Waals surface area contributed by atoms with Gasteiger partial charge < -0.3 is 5.32 Å². The summed E-state index contributed by atoms with van der Waals surface area (Å²) in [5.74, 6) is 2.07. The molecule has 1 aliphatic carbocycles. The Hall–Kier alpha value is -1.16. The van der Waals surface area contributed by atoms with Crippen molar-refractivity contribution in [2.45, 2.75) is 52.4 Å². The largest absolute Gasteiger partial charge is 0.369 e. The number of thiophene rings is 1. The van der Waals surface area contributed by atoms with E-state index >= 15 is 0 Å². The van der Waals surface area contributed by atoms with Crippen LogP contribution in [0.15, 0.2) is 0 Å². The van der Waals surface area contributed by atoms with Crippen LogP contribution >= 0.6 is 11.3 Å². The van der Waals surface area contributed by atoms with Gasteiger partial charge in [-0.2, -0.15) is 0 Å². The van der Waals surface area contributed by atoms with Crippen molar-refractivity contribution < 1.29 is 0 Å². The molecule has 3 nitrogen and oxygen atoms in total. The van der Waals surface area contributed by atoms with E-state index in [9.17, 15) is 0 Å². The van der Waals surface area contributed by atoms with Gasteiger partial charge in [0.2, 0.25) is 0 Å². The second kappa shape index (κ2) is 5.45. The Bertz CT molecular complexity index is 589. The first-order valence-electron chi connectivity index (χ1n) is 7.38. The molecule has 4 heteroatoms. The maximum absolute atomic E-state index is 4.76. The molecule has 0 saturated heterocycles. The summed E-state index contributed by atoms with van der Waals surface area (Å²) in [6, 6.07) is 0. The van der Waals surface area contributed by atoms with Gasteiger partial charge in [0.25, 0.3) is 0 Å². The standard InChI is InChI=1S/C15H21N3S/c1-3-6-12-17-14(16-9-4-2)13-10-7-5-8-11(10)19-15(13)18-12/h3-9H2,1-2H3,(H,16,17,18). The zero-order valence-electron chi connectivity index (χ0n) is 11.8. The van der Waals surface area contributed by atoms with Crippen molar-refractivity contribution in [3.05, 3.63) is 16.3 Å². The lowest BCUT2D eigenvalue weighted by atomic mass is 10.2. The molecule has 2 heterocycles. The third-order valence-corrected chi connectivity index (χ3v) is 4.81. The molecule has 1 aliphatic rings. The van der Waals surface area contributed by atoms with Crippen LogP contribution in [0.25, 0.3) is 10.2 Å². The lowest BCUT2D eigenvalue weighted by Gasteiger charge is -2.08. The third-order valence-electron chi connectivity index (χ3n) is 3.63. The van der Waals surface area contributed by atoms with Crippen molar-refractivity contribution in [1.29, 1.82) is 0 Å². The van der Waals surface area contributed by atoms with Crippen molar-refractivity contribution >= 4 is 27.4 Å². The third kappa shape index (κ3) is 2.34. The monoisotopic (exact) mass is 275 g/mol. The molecule has 0 spiro atoms. The second-order valence-electron chi connectivity index (χ2n) is 5.20. The molecule has 0 unspecified atom stereocenters. The van der Waals surface area contributed by atoms with Gasteiger partial charge in [0.1, 0.15) is 16.5 Å². The summed E-state index contributed by atoms with van der Waals surface area (Å²) < 4.78 is 0. The highest BCUT2D eigenvalue weighted by Crippen LogP contribution is 2.39. The summed E-state index contributed by atoms with van der Waals surface area (Å²) in [7, 11) is 0. The summed E-state index contributed by atoms with van der Waals surface area (Å²) in [6.07, 6.45) is 6.92. The molecule has 0 radical (unpaired) electrons. The summed E-state index contributed by atoms with van der Waals surface area (Å²) in [6.45, 7) is 5.36. The van der Waals surface area contributed by atoms with Gasteiger partial charge in [-0.1, -0.05) is 13.8 Å². The van der Waals surface area contributed by atoms with Gasteiger partial charge in [0.05, 0.1) is 5.39 Å². The molecular formula is C15H21N3S. The van der Waals surface area contributed by atoms with Gasteiger partial charge in [0, 0.05) is 17.8 Å². The van der Waals surface area contributed by atoms with E-state index in [1.807, 2.05) is 11.3 Å². The Morgan fingerprint density at radius 1 is 1.16 bits per heavy atom. The molecule has 0 aliphatic heterocycles. The number of nitrogens with one attached hydrogen (secondary N) is 1. The predicted molar refractivity (Wildman–Crippen MR) is 82.2 cm³/mol. The molecule has 0 fully saturated rings. The van der Waals surface area contributed by atoms with Crippen molar-refractivity contribution in [3.8, 4) is 0 Å². The zero-order chi connectivity index (χ0) is 13.2. The van der Waals surface area contributed by atoms with E-state index in [0.717, 1.165) is 37.4 Å². The quantitative estimate of drug-likeness (QED) is 0.897. The average molecular weight is 275 g/mol. The molecule has 0 aromatic carbocycles. The highest BCUT2D eigenvalue weighted by Gasteiger charge is 2.21. The van der Waals surface area contributed by atoms with Crippen LogP contribution in [-0.4, -0.2) is 16.5 Å². The Morgan fingerprint density at radius 3 is 2.84 bits per heavy atom. The summed E-state index contributed by atoms with van der Waals surface area (Å²) in [4.78, 5) is 12.3. The van der Waals surface area contributed by atoms with Gasteiger partial charge >= 0.3 is 0 Å². The van der Waals surface area contributed by atoms with E-state index in [1.165, 1.54) is 39.9 Å². The molecule has 0 bridgehead atoms. The zero-order valence-corrected chi connectivity index (χ0v) is 12.6. The second-order valence-corrected chi connectivity index (χ2v) is 6.29. The topological polar surface area (TPSA) is 37.8 Å². The van der Waals surface area contributed by atoms with E-state index < -0.39 is 0 Å². The van der Waals surface area contributed by atoms with Crippen LogP contribution in [0.1, 0.15) is 49.4 Å². The lowest BCUT2D eigenvalue weighted by Crippen LogP contribution is -2.06. The molecule has 102 valence electrons. The predicted octanol–water partition coefficient (Wildman–Crippen LogP) is 3.95. The SMILES string of the molecule is CCCNc1nc(CCC)nc2sc3c(c12)CCC3. The Kier molecular flexibility index (Phi) is 3.69. The Labute approximate surface area is 118 Å². The fourth-order valence-electron chi connectivity index (χ4n) is 2.75. The highest BCUT2D eigenvalue weighted by molar-refractivity contribution is 7.19. The smallest absolute Gasteiger partial charge is 0.138 e. The van der Waals surface area contributed by atoms with Crippen LogP contribution in [0, 0.1) is 0 Å². The molecule has 0 saturated carbocycles. The lowest BCUT2D eigenvalue weighted by molar-refractivity contribution is 0.842. The van der Waals surface area contributed by atoms with Crippen LogP contribution < -0.4 is 5.32 Å². The highest BCUT2D eigenvalue weighted by atomic mass is 32.1. The van der Waals surface area contributed by atoms with Crippen LogP contribution in [-0.2, 0) is 19.3 Å². The molecule has 0 amide bonds. The molecular weight excluding hydrogens is 254 g/mol. The number of aryl methyl sites for hydroxylation is 3. The summed E-state index contributed by atoms with van der Waals surface area (Å²) in [5, 5.41) is 4.82. The molecule has 1 N–H and O–H groups in total. The first kappa shape index (κ1) is 12.9. The van der Waals surface area contributed by atoms with E-state index in [4.69, 9.17) is 9.97 Å². The number of anilines is 1. The fraction of sp³-hybridized carbons (Fsp3) is 0.600. The summed E-state index contributed by atoms with van der Waals surface area (Å²) in [5.41, 5.74) is 1.52. The Morgan fingerprint density at radius 2 is 2.05 bits per heavy atom. The number of fused-ring (bicyclic) bond motifs is 3. The van der Waals surface area contributed by atoms with E-state index in [2.05, 4.69) is 19.2 Å². The molecule has 19 heavy (non-hydrogen) atoms. The number of hydrogen-bond acceptors (Lipinski definition) is 4. The number of hydrogen-bond donors (Lipinski definition) is 1. The molecule has 3 rings (SSSR count). The minimum absolute atomic E-state index is 0.972. The normalized spacial score (nSPS) is 14.0. The Balaban J connectivity index is 2.11. The first-order valence-corrected chi connectivity index (χ1v) is 8.20. The van der Waals surface area contributed by atoms with Crippen molar-refractivity contribution in [2.75, 3.05) is 11.9 Å².